The van der Waals surface area contributed by atoms with Gasteiger partial charge >= 0.3 is 5.97 Å². The van der Waals surface area contributed by atoms with Gasteiger partial charge in [0.05, 0.1) is 11.4 Å². The first-order chi connectivity index (χ1) is 14.3. The van der Waals surface area contributed by atoms with Crippen molar-refractivity contribution >= 4 is 52.5 Å². The number of nitrogens with two attached hydrogens (primary N) is 1. The van der Waals surface area contributed by atoms with Crippen LogP contribution in [0, 0.1) is 0 Å². The van der Waals surface area contributed by atoms with E-state index in [4.69, 9.17) is 5.73 Å². The van der Waals surface area contributed by atoms with Crippen LogP contribution in [0.25, 0.3) is 16.2 Å². The number of nitrogens with zero attached hydrogens (tertiary/aromatic N) is 4. The van der Waals surface area contributed by atoms with E-state index in [1.807, 2.05) is 4.90 Å². The van der Waals surface area contributed by atoms with E-state index in [1.54, 1.807) is 30.6 Å². The van der Waals surface area contributed by atoms with E-state index in [-0.39, 0.29) is 35.3 Å². The van der Waals surface area contributed by atoms with Gasteiger partial charge in [-0.05, 0) is 25.5 Å². The highest BCUT2D eigenvalue weighted by Crippen LogP contribution is 2.23. The molecule has 0 bridgehead atoms. The molecule has 0 aliphatic carbocycles. The molecule has 1 saturated heterocycles. The number of aromatic nitrogens is 3. The number of pyridine rings is 2. The lowest BCUT2D eigenvalue weighted by Crippen LogP contribution is -2.45. The van der Waals surface area contributed by atoms with Crippen LogP contribution in [-0.2, 0) is 4.79 Å². The predicted octanol–water partition coefficient (Wildman–Crippen LogP) is 1.00. The van der Waals surface area contributed by atoms with Gasteiger partial charge in [0, 0.05) is 36.9 Å². The molecule has 4 heterocycles. The molecule has 164 valence electrons. The maximum absolute atomic E-state index is 12.6. The second-order valence-corrected chi connectivity index (χ2v) is 8.00. The molecule has 1 fully saturated rings. The van der Waals surface area contributed by atoms with Gasteiger partial charge in [-0.15, -0.1) is 23.7 Å². The summed E-state index contributed by atoms with van der Waals surface area (Å²) in [4.78, 5) is 46.9. The van der Waals surface area contributed by atoms with Crippen LogP contribution >= 0.6 is 23.7 Å². The predicted molar refractivity (Wildman–Crippen MR) is 120 cm³/mol. The summed E-state index contributed by atoms with van der Waals surface area (Å²) in [5.74, 6) is -0.872. The SMILES string of the molecule is C[C@@H](N)C(=O)NC1CCN(c2ccc3c(=O)c(C(=O)O)cn(-c4nccs4)c3n2)C1.Cl. The molecule has 4 N–H and O–H groups in total. The lowest BCUT2D eigenvalue weighted by Gasteiger charge is -2.19. The van der Waals surface area contributed by atoms with E-state index in [0.29, 0.717) is 29.7 Å². The number of thiazole rings is 1. The van der Waals surface area contributed by atoms with Gasteiger partial charge in [-0.25, -0.2) is 14.8 Å². The number of hydrogen-bond donors (Lipinski definition) is 3. The number of rotatable bonds is 5. The van der Waals surface area contributed by atoms with Gasteiger partial charge in [0.25, 0.3) is 0 Å². The first-order valence-electron chi connectivity index (χ1n) is 9.35. The third-order valence-electron chi connectivity index (χ3n) is 4.96. The third-order valence-corrected chi connectivity index (χ3v) is 5.73. The Morgan fingerprint density at radius 1 is 1.39 bits per heavy atom. The normalized spacial score (nSPS) is 16.7. The van der Waals surface area contributed by atoms with Crippen LogP contribution in [0.5, 0.6) is 0 Å². The maximum atomic E-state index is 12.6. The number of halogens is 1. The van der Waals surface area contributed by atoms with Crippen molar-refractivity contribution in [1.82, 2.24) is 19.9 Å². The highest BCUT2D eigenvalue weighted by molar-refractivity contribution is 7.12. The lowest BCUT2D eigenvalue weighted by atomic mass is 10.2. The van der Waals surface area contributed by atoms with Crippen LogP contribution in [-0.4, -0.2) is 56.7 Å². The molecule has 0 saturated carbocycles. The number of hydrogen-bond acceptors (Lipinski definition) is 8. The molecule has 1 amide bonds. The number of carboxylic acid groups (broad SMARTS) is 1. The van der Waals surface area contributed by atoms with Crippen molar-refractivity contribution in [3.8, 4) is 5.13 Å². The first-order valence-corrected chi connectivity index (χ1v) is 10.2. The van der Waals surface area contributed by atoms with Gasteiger partial charge in [-0.1, -0.05) is 0 Å². The topological polar surface area (TPSA) is 143 Å². The molecular weight excluding hydrogens is 444 g/mol. The highest BCUT2D eigenvalue weighted by Gasteiger charge is 2.26. The molecule has 3 aromatic heterocycles. The molecule has 12 heteroatoms. The minimum Gasteiger partial charge on any atom is -0.477 e. The van der Waals surface area contributed by atoms with E-state index < -0.39 is 17.4 Å². The summed E-state index contributed by atoms with van der Waals surface area (Å²) >= 11 is 1.31. The summed E-state index contributed by atoms with van der Waals surface area (Å²) in [6.07, 6.45) is 3.61. The molecule has 0 spiro atoms. The van der Waals surface area contributed by atoms with Crippen molar-refractivity contribution in [2.24, 2.45) is 5.73 Å². The van der Waals surface area contributed by atoms with Crippen LogP contribution in [0.15, 0.2) is 34.7 Å². The van der Waals surface area contributed by atoms with E-state index >= 15 is 0 Å². The van der Waals surface area contributed by atoms with Crippen LogP contribution in [0.3, 0.4) is 0 Å². The van der Waals surface area contributed by atoms with Crippen molar-refractivity contribution in [1.29, 1.82) is 0 Å². The Morgan fingerprint density at radius 2 is 2.16 bits per heavy atom. The lowest BCUT2D eigenvalue weighted by molar-refractivity contribution is -0.122. The monoisotopic (exact) mass is 464 g/mol. The van der Waals surface area contributed by atoms with Crippen molar-refractivity contribution in [3.63, 3.8) is 0 Å². The van der Waals surface area contributed by atoms with Crippen molar-refractivity contribution in [2.75, 3.05) is 18.0 Å². The van der Waals surface area contributed by atoms with Gasteiger partial charge in [-0.3, -0.25) is 14.2 Å². The fourth-order valence-corrected chi connectivity index (χ4v) is 4.04. The van der Waals surface area contributed by atoms with Gasteiger partial charge < -0.3 is 21.1 Å². The minimum absolute atomic E-state index is 0. The fraction of sp³-hybridized carbons (Fsp3) is 0.316. The molecular formula is C19H21ClN6O4S. The van der Waals surface area contributed by atoms with Crippen molar-refractivity contribution in [2.45, 2.75) is 25.4 Å². The Kier molecular flexibility index (Phi) is 6.58. The summed E-state index contributed by atoms with van der Waals surface area (Å²) < 4.78 is 1.53. The van der Waals surface area contributed by atoms with Crippen molar-refractivity contribution in [3.05, 3.63) is 45.7 Å². The minimum atomic E-state index is -1.30. The summed E-state index contributed by atoms with van der Waals surface area (Å²) in [6.45, 7) is 2.87. The average Bonchev–Trinajstić information content (AvgIpc) is 3.40. The standard InChI is InChI=1S/C19H20N6O4S.ClH/c1-10(20)17(27)22-11-4-6-24(8-11)14-3-2-12-15(26)13(18(28)29)9-25(16(12)23-14)19-21-5-7-30-19;/h2-3,5,7,9-11H,4,6,8,20H2,1H3,(H,22,27)(H,28,29);1H/t10-,11?;/m1./s1. The fourth-order valence-electron chi connectivity index (χ4n) is 3.42. The maximum Gasteiger partial charge on any atom is 0.341 e. The second-order valence-electron chi connectivity index (χ2n) is 7.13. The van der Waals surface area contributed by atoms with Gasteiger partial charge in [0.2, 0.25) is 11.3 Å². The van der Waals surface area contributed by atoms with E-state index in [9.17, 15) is 19.5 Å². The Labute approximate surface area is 187 Å². The van der Waals surface area contributed by atoms with Gasteiger partial charge in [0.1, 0.15) is 11.4 Å². The Balaban J connectivity index is 0.00000272. The second kappa shape index (κ2) is 9.00. The zero-order valence-corrected chi connectivity index (χ0v) is 18.2. The highest BCUT2D eigenvalue weighted by atomic mass is 35.5. The molecule has 2 atom stereocenters. The van der Waals surface area contributed by atoms with Crippen LogP contribution < -0.4 is 21.4 Å². The summed E-state index contributed by atoms with van der Waals surface area (Å²) in [7, 11) is 0. The Morgan fingerprint density at radius 3 is 2.81 bits per heavy atom. The molecule has 1 unspecified atom stereocenters. The summed E-state index contributed by atoms with van der Waals surface area (Å²) in [5.41, 5.74) is 5.02. The molecule has 4 rings (SSSR count). The summed E-state index contributed by atoms with van der Waals surface area (Å²) in [5, 5.41) is 14.8. The zero-order chi connectivity index (χ0) is 21.4. The number of amides is 1. The number of carboxylic acids is 1. The molecule has 31 heavy (non-hydrogen) atoms. The zero-order valence-electron chi connectivity index (χ0n) is 16.5. The molecule has 1 aliphatic heterocycles. The van der Waals surface area contributed by atoms with Crippen LogP contribution in [0.1, 0.15) is 23.7 Å². The number of anilines is 1. The van der Waals surface area contributed by atoms with E-state index in [1.165, 1.54) is 22.1 Å². The molecule has 3 aromatic rings. The molecule has 10 nitrogen and oxygen atoms in total. The third kappa shape index (κ3) is 4.38. The smallest absolute Gasteiger partial charge is 0.341 e. The summed E-state index contributed by atoms with van der Waals surface area (Å²) in [6, 6.07) is 2.66. The largest absolute Gasteiger partial charge is 0.477 e. The van der Waals surface area contributed by atoms with E-state index in [2.05, 4.69) is 15.3 Å². The Bertz CT molecular complexity index is 1180. The molecule has 1 aliphatic rings. The number of aromatic carboxylic acids is 1. The van der Waals surface area contributed by atoms with Crippen LogP contribution in [0.4, 0.5) is 5.82 Å². The van der Waals surface area contributed by atoms with E-state index in [0.717, 1.165) is 6.42 Å². The van der Waals surface area contributed by atoms with Gasteiger partial charge in [0.15, 0.2) is 10.8 Å². The van der Waals surface area contributed by atoms with Crippen molar-refractivity contribution < 1.29 is 14.7 Å². The Hall–Kier alpha value is -3.02. The average molecular weight is 465 g/mol. The van der Waals surface area contributed by atoms with Crippen LogP contribution in [0.2, 0.25) is 0 Å². The number of carbonyl (C=O) groups excluding carboxylic acids is 1. The first kappa shape index (κ1) is 22.7. The molecule has 0 radical (unpaired) electrons. The quantitative estimate of drug-likeness (QED) is 0.507. The van der Waals surface area contributed by atoms with Gasteiger partial charge in [-0.2, -0.15) is 0 Å². The molecule has 0 aromatic carbocycles. The number of carbonyl (C=O) groups is 2. The number of fused-ring (bicyclic) bond motifs is 1. The number of nitrogens with one attached hydrogen (secondary N) is 1.